The maximum absolute atomic E-state index is 3.36. The average molecular weight is 181 g/mol. The lowest BCUT2D eigenvalue weighted by Crippen LogP contribution is -2.22. The fourth-order valence-electron chi connectivity index (χ4n) is 3.86. The van der Waals surface area contributed by atoms with Crippen LogP contribution in [0, 0.1) is 23.7 Å². The van der Waals surface area contributed by atoms with Gasteiger partial charge in [0.1, 0.15) is 0 Å². The molecule has 0 bridgehead atoms. The molecule has 4 atom stereocenters. The molecule has 0 aromatic carbocycles. The highest BCUT2D eigenvalue weighted by Gasteiger charge is 2.43. The molecule has 0 radical (unpaired) electrons. The van der Waals surface area contributed by atoms with Crippen LogP contribution in [-0.4, -0.2) is 13.6 Å². The molecule has 0 amide bonds. The van der Waals surface area contributed by atoms with Crippen LogP contribution in [0.1, 0.15) is 39.0 Å². The first-order valence-corrected chi connectivity index (χ1v) is 6.01. The van der Waals surface area contributed by atoms with Crippen molar-refractivity contribution in [3.8, 4) is 0 Å². The predicted molar refractivity (Wildman–Crippen MR) is 56.6 cm³/mol. The van der Waals surface area contributed by atoms with E-state index in [9.17, 15) is 0 Å². The Morgan fingerprint density at radius 3 is 2.23 bits per heavy atom. The van der Waals surface area contributed by atoms with Gasteiger partial charge in [-0.15, -0.1) is 0 Å². The van der Waals surface area contributed by atoms with Crippen molar-refractivity contribution in [3.63, 3.8) is 0 Å². The Balaban J connectivity index is 1.95. The summed E-state index contributed by atoms with van der Waals surface area (Å²) in [5, 5.41) is 3.36. The van der Waals surface area contributed by atoms with E-state index in [2.05, 4.69) is 19.3 Å². The molecule has 1 N–H and O–H groups in total. The lowest BCUT2D eigenvalue weighted by Gasteiger charge is -2.19. The average Bonchev–Trinajstić information content (AvgIpc) is 2.68. The Morgan fingerprint density at radius 1 is 1.00 bits per heavy atom. The molecule has 2 fully saturated rings. The molecule has 2 rings (SSSR count). The van der Waals surface area contributed by atoms with Gasteiger partial charge in [0.25, 0.3) is 0 Å². The molecule has 0 saturated heterocycles. The first-order valence-electron chi connectivity index (χ1n) is 6.01. The van der Waals surface area contributed by atoms with Crippen molar-refractivity contribution in [2.75, 3.05) is 13.6 Å². The number of hydrogen-bond donors (Lipinski definition) is 1. The summed E-state index contributed by atoms with van der Waals surface area (Å²) in [7, 11) is 2.10. The van der Waals surface area contributed by atoms with Crippen molar-refractivity contribution in [1.29, 1.82) is 0 Å². The van der Waals surface area contributed by atoms with Crippen molar-refractivity contribution in [2.24, 2.45) is 23.7 Å². The van der Waals surface area contributed by atoms with Crippen molar-refractivity contribution >= 4 is 0 Å². The largest absolute Gasteiger partial charge is 0.319 e. The molecule has 76 valence electrons. The van der Waals surface area contributed by atoms with Gasteiger partial charge in [0.2, 0.25) is 0 Å². The smallest absolute Gasteiger partial charge is 0.00208 e. The van der Waals surface area contributed by atoms with E-state index in [1.807, 2.05) is 0 Å². The minimum atomic E-state index is 1.01. The summed E-state index contributed by atoms with van der Waals surface area (Å²) in [6.07, 6.45) is 7.48. The Hall–Kier alpha value is -0.0400. The van der Waals surface area contributed by atoms with Crippen molar-refractivity contribution in [3.05, 3.63) is 0 Å². The second-order valence-corrected chi connectivity index (χ2v) is 4.97. The molecule has 13 heavy (non-hydrogen) atoms. The third-order valence-corrected chi connectivity index (χ3v) is 4.49. The minimum Gasteiger partial charge on any atom is -0.319 e. The number of rotatable bonds is 3. The van der Waals surface area contributed by atoms with Gasteiger partial charge in [0.15, 0.2) is 0 Å². The van der Waals surface area contributed by atoms with E-state index in [1.54, 1.807) is 0 Å². The fourth-order valence-corrected chi connectivity index (χ4v) is 3.86. The van der Waals surface area contributed by atoms with E-state index in [0.29, 0.717) is 0 Å². The van der Waals surface area contributed by atoms with Gasteiger partial charge >= 0.3 is 0 Å². The molecule has 2 aliphatic rings. The topological polar surface area (TPSA) is 12.0 Å². The molecular weight excluding hydrogens is 158 g/mol. The molecule has 0 aliphatic heterocycles. The van der Waals surface area contributed by atoms with Crippen LogP contribution >= 0.6 is 0 Å². The SMILES string of the molecule is CCC1CCC2C(CNC)CCC12. The van der Waals surface area contributed by atoms with Gasteiger partial charge in [0, 0.05) is 0 Å². The van der Waals surface area contributed by atoms with Gasteiger partial charge in [-0.3, -0.25) is 0 Å². The monoisotopic (exact) mass is 181 g/mol. The Bertz CT molecular complexity index is 167. The molecule has 2 saturated carbocycles. The number of hydrogen-bond acceptors (Lipinski definition) is 1. The summed E-state index contributed by atoms with van der Waals surface area (Å²) in [5.41, 5.74) is 0. The quantitative estimate of drug-likeness (QED) is 0.706. The van der Waals surface area contributed by atoms with Gasteiger partial charge in [-0.25, -0.2) is 0 Å². The number of fused-ring (bicyclic) bond motifs is 1. The van der Waals surface area contributed by atoms with Gasteiger partial charge in [-0.2, -0.15) is 0 Å². The third kappa shape index (κ3) is 1.63. The summed E-state index contributed by atoms with van der Waals surface area (Å²) in [5.74, 6) is 4.26. The summed E-state index contributed by atoms with van der Waals surface area (Å²) in [6.45, 7) is 3.63. The van der Waals surface area contributed by atoms with Gasteiger partial charge < -0.3 is 5.32 Å². The second kappa shape index (κ2) is 4.00. The zero-order valence-corrected chi connectivity index (χ0v) is 9.05. The standard InChI is InChI=1S/C12H23N/c1-3-9-4-6-12-10(8-13-2)5-7-11(9)12/h9-13H,3-8H2,1-2H3. The predicted octanol–water partition coefficient (Wildman–Crippen LogP) is 2.67. The molecule has 2 aliphatic carbocycles. The maximum Gasteiger partial charge on any atom is -0.00208 e. The summed E-state index contributed by atoms with van der Waals surface area (Å²) < 4.78 is 0. The molecule has 0 spiro atoms. The highest BCUT2D eigenvalue weighted by atomic mass is 14.8. The van der Waals surface area contributed by atoms with E-state index >= 15 is 0 Å². The van der Waals surface area contributed by atoms with Gasteiger partial charge in [-0.05, 0) is 62.9 Å². The molecule has 0 aromatic rings. The van der Waals surface area contributed by atoms with Crippen LogP contribution in [-0.2, 0) is 0 Å². The zero-order valence-electron chi connectivity index (χ0n) is 9.05. The fraction of sp³-hybridized carbons (Fsp3) is 1.00. The molecule has 0 heterocycles. The molecular formula is C12H23N. The molecule has 1 heteroatoms. The Kier molecular flexibility index (Phi) is 2.92. The van der Waals surface area contributed by atoms with Crippen molar-refractivity contribution < 1.29 is 0 Å². The minimum absolute atomic E-state index is 1.01. The molecule has 4 unspecified atom stereocenters. The van der Waals surface area contributed by atoms with Crippen LogP contribution in [0.15, 0.2) is 0 Å². The van der Waals surface area contributed by atoms with Crippen molar-refractivity contribution in [1.82, 2.24) is 5.32 Å². The highest BCUT2D eigenvalue weighted by Crippen LogP contribution is 2.51. The molecule has 0 aromatic heterocycles. The van der Waals surface area contributed by atoms with E-state index in [-0.39, 0.29) is 0 Å². The van der Waals surface area contributed by atoms with Crippen LogP contribution in [0.4, 0.5) is 0 Å². The second-order valence-electron chi connectivity index (χ2n) is 4.97. The van der Waals surface area contributed by atoms with E-state index < -0.39 is 0 Å². The van der Waals surface area contributed by atoms with Crippen LogP contribution in [0.3, 0.4) is 0 Å². The summed E-state index contributed by atoms with van der Waals surface area (Å²) >= 11 is 0. The lowest BCUT2D eigenvalue weighted by atomic mass is 9.88. The molecule has 1 nitrogen and oxygen atoms in total. The normalized spacial score (nSPS) is 43.8. The van der Waals surface area contributed by atoms with Gasteiger partial charge in [0.05, 0.1) is 0 Å². The third-order valence-electron chi connectivity index (χ3n) is 4.49. The highest BCUT2D eigenvalue weighted by molar-refractivity contribution is 4.93. The van der Waals surface area contributed by atoms with Gasteiger partial charge in [-0.1, -0.05) is 13.3 Å². The Morgan fingerprint density at radius 2 is 1.62 bits per heavy atom. The summed E-state index contributed by atoms with van der Waals surface area (Å²) in [4.78, 5) is 0. The van der Waals surface area contributed by atoms with Crippen LogP contribution in [0.25, 0.3) is 0 Å². The Labute approximate surface area is 82.3 Å². The first-order chi connectivity index (χ1) is 6.36. The zero-order chi connectivity index (χ0) is 9.26. The lowest BCUT2D eigenvalue weighted by molar-refractivity contribution is 0.306. The van der Waals surface area contributed by atoms with Crippen molar-refractivity contribution in [2.45, 2.75) is 39.0 Å². The number of nitrogens with one attached hydrogen (secondary N) is 1. The maximum atomic E-state index is 3.36. The first kappa shape index (κ1) is 9.51. The van der Waals surface area contributed by atoms with Crippen LogP contribution in [0.2, 0.25) is 0 Å². The van der Waals surface area contributed by atoms with E-state index in [4.69, 9.17) is 0 Å². The summed E-state index contributed by atoms with van der Waals surface area (Å²) in [6, 6.07) is 0. The van der Waals surface area contributed by atoms with Crippen LogP contribution < -0.4 is 5.32 Å². The van der Waals surface area contributed by atoms with E-state index in [0.717, 1.165) is 23.7 Å². The van der Waals surface area contributed by atoms with Crippen LogP contribution in [0.5, 0.6) is 0 Å². The van der Waals surface area contributed by atoms with E-state index in [1.165, 1.54) is 38.6 Å².